The molecule has 0 fully saturated rings. The van der Waals surface area contributed by atoms with Crippen molar-refractivity contribution in [3.63, 3.8) is 0 Å². The van der Waals surface area contributed by atoms with Gasteiger partial charge in [0.05, 0.1) is 33.4 Å². The first-order chi connectivity index (χ1) is 13.0. The van der Waals surface area contributed by atoms with E-state index in [0.29, 0.717) is 28.4 Å². The van der Waals surface area contributed by atoms with Gasteiger partial charge in [-0.2, -0.15) is 0 Å². The van der Waals surface area contributed by atoms with Gasteiger partial charge >= 0.3 is 0 Å². The first-order valence-corrected chi connectivity index (χ1v) is 8.15. The van der Waals surface area contributed by atoms with Crippen LogP contribution in [0.5, 0.6) is 17.2 Å². The van der Waals surface area contributed by atoms with Crippen LogP contribution in [0.25, 0.3) is 5.57 Å². The van der Waals surface area contributed by atoms with Crippen molar-refractivity contribution in [1.29, 1.82) is 0 Å². The minimum atomic E-state index is -0.736. The number of hydrogen-bond donors (Lipinski definition) is 1. The number of hydrogen-bond acceptors (Lipinski definition) is 6. The molecule has 27 heavy (non-hydrogen) atoms. The number of imide groups is 1. The van der Waals surface area contributed by atoms with Gasteiger partial charge in [-0.15, -0.1) is 0 Å². The van der Waals surface area contributed by atoms with Crippen LogP contribution in [0.15, 0.2) is 48.2 Å². The molecule has 0 radical (unpaired) electrons. The van der Waals surface area contributed by atoms with E-state index >= 15 is 0 Å². The fourth-order valence-electron chi connectivity index (χ4n) is 2.89. The molecule has 0 unspecified atom stereocenters. The Hall–Kier alpha value is -3.48. The first-order valence-electron chi connectivity index (χ1n) is 8.15. The highest BCUT2D eigenvalue weighted by molar-refractivity contribution is 6.34. The second kappa shape index (κ2) is 7.41. The van der Waals surface area contributed by atoms with E-state index in [4.69, 9.17) is 14.2 Å². The molecule has 0 atom stereocenters. The van der Waals surface area contributed by atoms with Crippen molar-refractivity contribution >= 4 is 17.4 Å². The van der Waals surface area contributed by atoms with E-state index in [0.717, 1.165) is 4.90 Å². The Balaban J connectivity index is 1.87. The van der Waals surface area contributed by atoms with Gasteiger partial charge in [0.1, 0.15) is 5.75 Å². The van der Waals surface area contributed by atoms with Gasteiger partial charge in [-0.05, 0) is 35.4 Å². The Morgan fingerprint density at radius 3 is 2.11 bits per heavy atom. The molecule has 7 nitrogen and oxygen atoms in total. The molecule has 1 N–H and O–H groups in total. The van der Waals surface area contributed by atoms with Gasteiger partial charge < -0.3 is 19.3 Å². The van der Waals surface area contributed by atoms with Crippen LogP contribution in [0.4, 0.5) is 0 Å². The van der Waals surface area contributed by atoms with Crippen LogP contribution >= 0.6 is 0 Å². The lowest BCUT2D eigenvalue weighted by Crippen LogP contribution is -2.31. The molecule has 0 spiro atoms. The van der Waals surface area contributed by atoms with Crippen LogP contribution in [0, 0.1) is 0 Å². The van der Waals surface area contributed by atoms with Crippen molar-refractivity contribution in [1.82, 2.24) is 4.90 Å². The minimum absolute atomic E-state index is 0.00172. The highest BCUT2D eigenvalue weighted by Gasteiger charge is 2.39. The van der Waals surface area contributed by atoms with E-state index < -0.39 is 17.6 Å². The van der Waals surface area contributed by atoms with Crippen molar-refractivity contribution < 1.29 is 28.9 Å². The van der Waals surface area contributed by atoms with E-state index in [1.807, 2.05) is 0 Å². The molecular weight excluding hydrogens is 350 g/mol. The number of carbonyl (C=O) groups excluding carboxylic acids is 2. The number of ether oxygens (including phenoxy) is 3. The predicted octanol–water partition coefficient (Wildman–Crippen LogP) is 2.55. The monoisotopic (exact) mass is 369 g/mol. The third kappa shape index (κ3) is 3.31. The van der Waals surface area contributed by atoms with Crippen molar-refractivity contribution in [2.24, 2.45) is 0 Å². The molecule has 7 heteroatoms. The van der Waals surface area contributed by atoms with Gasteiger partial charge in [-0.1, -0.05) is 18.2 Å². The highest BCUT2D eigenvalue weighted by Crippen LogP contribution is 2.32. The molecule has 1 heterocycles. The molecule has 2 aromatic rings. The van der Waals surface area contributed by atoms with Crippen LogP contribution in [0.2, 0.25) is 0 Å². The summed E-state index contributed by atoms with van der Waals surface area (Å²) in [5.74, 6) is -0.219. The van der Waals surface area contributed by atoms with Gasteiger partial charge in [0.2, 0.25) is 0 Å². The normalized spacial score (nSPS) is 14.0. The summed E-state index contributed by atoms with van der Waals surface area (Å²) in [7, 11) is 4.55. The maximum absolute atomic E-state index is 12.8. The molecular formula is C20H19NO6. The van der Waals surface area contributed by atoms with E-state index in [9.17, 15) is 14.7 Å². The summed E-state index contributed by atoms with van der Waals surface area (Å²) in [6.45, 7) is 0.00172. The van der Waals surface area contributed by atoms with Crippen molar-refractivity contribution in [3.05, 3.63) is 59.4 Å². The topological polar surface area (TPSA) is 85.3 Å². The quantitative estimate of drug-likeness (QED) is 0.788. The van der Waals surface area contributed by atoms with Crippen LogP contribution in [-0.2, 0) is 16.1 Å². The number of nitrogens with zero attached hydrogens (tertiary/aromatic N) is 1. The number of benzene rings is 2. The summed E-state index contributed by atoms with van der Waals surface area (Å²) in [5, 5.41) is 10.2. The van der Waals surface area contributed by atoms with E-state index in [1.54, 1.807) is 42.5 Å². The van der Waals surface area contributed by atoms with Crippen LogP contribution in [0.1, 0.15) is 11.1 Å². The third-order valence-corrected chi connectivity index (χ3v) is 4.31. The predicted molar refractivity (Wildman–Crippen MR) is 97.6 cm³/mol. The zero-order valence-electron chi connectivity index (χ0n) is 15.2. The Morgan fingerprint density at radius 2 is 1.52 bits per heavy atom. The number of methoxy groups -OCH3 is 3. The molecule has 140 valence electrons. The zero-order chi connectivity index (χ0) is 19.6. The Labute approximate surface area is 156 Å². The summed E-state index contributed by atoms with van der Waals surface area (Å²) in [6, 6.07) is 11.7. The lowest BCUT2D eigenvalue weighted by molar-refractivity contribution is -0.138. The maximum atomic E-state index is 12.8. The van der Waals surface area contributed by atoms with Crippen LogP contribution in [-0.4, -0.2) is 43.2 Å². The average Bonchev–Trinajstić information content (AvgIpc) is 2.91. The number of aliphatic hydroxyl groups excluding tert-OH is 1. The third-order valence-electron chi connectivity index (χ3n) is 4.31. The molecule has 0 aromatic heterocycles. The second-order valence-corrected chi connectivity index (χ2v) is 5.84. The molecule has 0 saturated heterocycles. The molecule has 3 rings (SSSR count). The van der Waals surface area contributed by atoms with Gasteiger partial charge in [0.25, 0.3) is 11.8 Å². The summed E-state index contributed by atoms with van der Waals surface area (Å²) in [5.41, 5.74) is 1.09. The van der Waals surface area contributed by atoms with Gasteiger partial charge in [-0.25, -0.2) is 0 Å². The highest BCUT2D eigenvalue weighted by atomic mass is 16.5. The number of aliphatic hydroxyl groups is 1. The standard InChI is InChI=1S/C20H19NO6/c1-25-14-7-5-13(6-8-14)17-18(22)20(24)21(19(17)23)11-12-4-9-15(26-2)16(10-12)27-3/h4-10,22H,11H2,1-3H3. The maximum Gasteiger partial charge on any atom is 0.296 e. The Bertz CT molecular complexity index is 917. The number of rotatable bonds is 6. The fourth-order valence-corrected chi connectivity index (χ4v) is 2.89. The Kier molecular flexibility index (Phi) is 5.03. The molecule has 1 aliphatic heterocycles. The molecule has 1 aliphatic rings. The molecule has 2 amide bonds. The zero-order valence-corrected chi connectivity index (χ0v) is 15.2. The van der Waals surface area contributed by atoms with Gasteiger partial charge in [0, 0.05) is 0 Å². The van der Waals surface area contributed by atoms with Gasteiger partial charge in [0.15, 0.2) is 17.3 Å². The van der Waals surface area contributed by atoms with Crippen molar-refractivity contribution in [2.75, 3.05) is 21.3 Å². The fraction of sp³-hybridized carbons (Fsp3) is 0.200. The second-order valence-electron chi connectivity index (χ2n) is 5.84. The lowest BCUT2D eigenvalue weighted by Gasteiger charge is -2.16. The molecule has 2 aromatic carbocycles. The minimum Gasteiger partial charge on any atom is -0.502 e. The molecule has 0 aliphatic carbocycles. The average molecular weight is 369 g/mol. The summed E-state index contributed by atoms with van der Waals surface area (Å²) >= 11 is 0. The van der Waals surface area contributed by atoms with E-state index in [2.05, 4.69) is 0 Å². The largest absolute Gasteiger partial charge is 0.502 e. The van der Waals surface area contributed by atoms with Gasteiger partial charge in [-0.3, -0.25) is 14.5 Å². The SMILES string of the molecule is COc1ccc(C2=C(O)C(=O)N(Cc3ccc(OC)c(OC)c3)C2=O)cc1. The lowest BCUT2D eigenvalue weighted by atomic mass is 10.1. The molecule has 0 bridgehead atoms. The number of carbonyl (C=O) groups is 2. The molecule has 0 saturated carbocycles. The van der Waals surface area contributed by atoms with E-state index in [-0.39, 0.29) is 12.1 Å². The Morgan fingerprint density at radius 1 is 0.852 bits per heavy atom. The van der Waals surface area contributed by atoms with Crippen molar-refractivity contribution in [2.45, 2.75) is 6.54 Å². The summed E-state index contributed by atoms with van der Waals surface area (Å²) < 4.78 is 15.5. The first kappa shape index (κ1) is 18.3. The summed E-state index contributed by atoms with van der Waals surface area (Å²) in [6.07, 6.45) is 0. The van der Waals surface area contributed by atoms with Crippen LogP contribution in [0.3, 0.4) is 0 Å². The smallest absolute Gasteiger partial charge is 0.296 e. The van der Waals surface area contributed by atoms with Crippen LogP contribution < -0.4 is 14.2 Å². The van der Waals surface area contributed by atoms with Crippen molar-refractivity contribution in [3.8, 4) is 17.2 Å². The van der Waals surface area contributed by atoms with E-state index in [1.165, 1.54) is 21.3 Å². The summed E-state index contributed by atoms with van der Waals surface area (Å²) in [4.78, 5) is 26.2. The number of amides is 2.